The Hall–Kier alpha value is -1.84. The molecule has 1 atom stereocenters. The van der Waals surface area contributed by atoms with Crippen LogP contribution in [-0.2, 0) is 9.59 Å². The van der Waals surface area contributed by atoms with Gasteiger partial charge < -0.3 is 10.4 Å². The summed E-state index contributed by atoms with van der Waals surface area (Å²) in [5.74, 6) is -1.10. The Bertz CT molecular complexity index is 412. The molecule has 0 aliphatic carbocycles. The van der Waals surface area contributed by atoms with E-state index in [0.717, 1.165) is 12.0 Å². The fraction of sp³-hybridized carbons (Fsp3) is 0.429. The lowest BCUT2D eigenvalue weighted by atomic mass is 9.92. The summed E-state index contributed by atoms with van der Waals surface area (Å²) in [5, 5.41) is 10.9. The van der Waals surface area contributed by atoms with E-state index in [9.17, 15) is 9.59 Å². The number of hydrogen-bond donors (Lipinski definition) is 2. The predicted octanol–water partition coefficient (Wildman–Crippen LogP) is 2.08. The molecule has 1 aromatic carbocycles. The maximum Gasteiger partial charge on any atom is 0.322 e. The van der Waals surface area contributed by atoms with Gasteiger partial charge in [0.05, 0.1) is 0 Å². The van der Waals surface area contributed by atoms with Crippen LogP contribution in [0.25, 0.3) is 0 Å². The third kappa shape index (κ3) is 4.57. The Morgan fingerprint density at radius 3 is 2.39 bits per heavy atom. The van der Waals surface area contributed by atoms with Crippen LogP contribution in [0.3, 0.4) is 0 Å². The molecule has 4 nitrogen and oxygen atoms in total. The van der Waals surface area contributed by atoms with E-state index in [4.69, 9.17) is 5.11 Å². The smallest absolute Gasteiger partial charge is 0.322 e. The third-order valence-corrected chi connectivity index (χ3v) is 2.91. The zero-order valence-corrected chi connectivity index (χ0v) is 10.8. The number of amides is 1. The number of carbonyl (C=O) groups excluding carboxylic acids is 1. The topological polar surface area (TPSA) is 66.4 Å². The average molecular weight is 249 g/mol. The van der Waals surface area contributed by atoms with Gasteiger partial charge in [0.25, 0.3) is 0 Å². The van der Waals surface area contributed by atoms with Crippen LogP contribution in [0.15, 0.2) is 24.3 Å². The molecular weight excluding hydrogens is 230 g/mol. The van der Waals surface area contributed by atoms with E-state index in [1.165, 1.54) is 5.56 Å². The van der Waals surface area contributed by atoms with Crippen molar-refractivity contribution in [1.29, 1.82) is 0 Å². The number of benzene rings is 1. The van der Waals surface area contributed by atoms with E-state index in [0.29, 0.717) is 6.42 Å². The van der Waals surface area contributed by atoms with Gasteiger partial charge in [-0.15, -0.1) is 0 Å². The Morgan fingerprint density at radius 1 is 1.28 bits per heavy atom. The average Bonchev–Trinajstić information content (AvgIpc) is 2.34. The van der Waals surface area contributed by atoms with Crippen molar-refractivity contribution in [2.24, 2.45) is 0 Å². The second-order valence-electron chi connectivity index (χ2n) is 4.39. The molecule has 0 fully saturated rings. The van der Waals surface area contributed by atoms with Gasteiger partial charge in [-0.05, 0) is 24.8 Å². The minimum atomic E-state index is -1.02. The first-order valence-electron chi connectivity index (χ1n) is 6.08. The SMILES string of the molecule is CCC(CC(=O)NCC(=O)O)c1ccc(C)cc1. The normalized spacial score (nSPS) is 11.9. The molecule has 0 saturated carbocycles. The zero-order chi connectivity index (χ0) is 13.5. The highest BCUT2D eigenvalue weighted by molar-refractivity contribution is 5.81. The Morgan fingerprint density at radius 2 is 1.89 bits per heavy atom. The number of carboxylic acids is 1. The Kier molecular flexibility index (Phi) is 5.36. The quantitative estimate of drug-likeness (QED) is 0.811. The lowest BCUT2D eigenvalue weighted by molar-refractivity contribution is -0.138. The lowest BCUT2D eigenvalue weighted by Crippen LogP contribution is -2.30. The number of hydrogen-bond acceptors (Lipinski definition) is 2. The van der Waals surface area contributed by atoms with Crippen LogP contribution in [0.4, 0.5) is 0 Å². The van der Waals surface area contributed by atoms with Crippen molar-refractivity contribution in [2.75, 3.05) is 6.54 Å². The van der Waals surface area contributed by atoms with Crippen LogP contribution in [0.2, 0.25) is 0 Å². The van der Waals surface area contributed by atoms with E-state index in [-0.39, 0.29) is 18.4 Å². The maximum atomic E-state index is 11.6. The minimum absolute atomic E-state index is 0.138. The number of carboxylic acid groups (broad SMARTS) is 1. The van der Waals surface area contributed by atoms with Crippen molar-refractivity contribution >= 4 is 11.9 Å². The van der Waals surface area contributed by atoms with Gasteiger partial charge in [-0.3, -0.25) is 9.59 Å². The van der Waals surface area contributed by atoms with Gasteiger partial charge in [0.1, 0.15) is 6.54 Å². The van der Waals surface area contributed by atoms with Gasteiger partial charge in [-0.1, -0.05) is 36.8 Å². The van der Waals surface area contributed by atoms with E-state index in [1.807, 2.05) is 38.1 Å². The van der Waals surface area contributed by atoms with E-state index >= 15 is 0 Å². The summed E-state index contributed by atoms with van der Waals surface area (Å²) in [4.78, 5) is 21.9. The predicted molar refractivity (Wildman–Crippen MR) is 69.5 cm³/mol. The van der Waals surface area contributed by atoms with Crippen molar-refractivity contribution in [3.63, 3.8) is 0 Å². The number of aryl methyl sites for hydroxylation is 1. The van der Waals surface area contributed by atoms with Crippen LogP contribution in [0.1, 0.15) is 36.8 Å². The molecule has 0 spiro atoms. The molecule has 0 heterocycles. The second-order valence-corrected chi connectivity index (χ2v) is 4.39. The largest absolute Gasteiger partial charge is 0.480 e. The molecule has 98 valence electrons. The van der Waals surface area contributed by atoms with E-state index < -0.39 is 5.97 Å². The van der Waals surface area contributed by atoms with E-state index in [1.54, 1.807) is 0 Å². The zero-order valence-electron chi connectivity index (χ0n) is 10.8. The van der Waals surface area contributed by atoms with Crippen LogP contribution in [0.5, 0.6) is 0 Å². The van der Waals surface area contributed by atoms with Gasteiger partial charge >= 0.3 is 5.97 Å². The van der Waals surface area contributed by atoms with Crippen LogP contribution < -0.4 is 5.32 Å². The van der Waals surface area contributed by atoms with E-state index in [2.05, 4.69) is 5.32 Å². The summed E-state index contributed by atoms with van der Waals surface area (Å²) < 4.78 is 0. The number of rotatable bonds is 6. The van der Waals surface area contributed by atoms with Gasteiger partial charge in [-0.2, -0.15) is 0 Å². The molecule has 0 aliphatic rings. The molecular formula is C14H19NO3. The van der Waals surface area contributed by atoms with Gasteiger partial charge in [0.15, 0.2) is 0 Å². The van der Waals surface area contributed by atoms with Gasteiger partial charge in [-0.25, -0.2) is 0 Å². The van der Waals surface area contributed by atoms with Crippen LogP contribution >= 0.6 is 0 Å². The highest BCUT2D eigenvalue weighted by atomic mass is 16.4. The molecule has 4 heteroatoms. The molecule has 1 unspecified atom stereocenters. The molecule has 0 bridgehead atoms. The van der Waals surface area contributed by atoms with Crippen molar-refractivity contribution in [3.8, 4) is 0 Å². The monoisotopic (exact) mass is 249 g/mol. The standard InChI is InChI=1S/C14H19NO3/c1-3-11(8-13(16)15-9-14(17)18)12-6-4-10(2)5-7-12/h4-7,11H,3,8-9H2,1-2H3,(H,15,16)(H,17,18). The number of aliphatic carboxylic acids is 1. The van der Waals surface area contributed by atoms with Gasteiger partial charge in [0, 0.05) is 6.42 Å². The Balaban J connectivity index is 2.59. The summed E-state index contributed by atoms with van der Waals surface area (Å²) in [6.45, 7) is 3.72. The highest BCUT2D eigenvalue weighted by Gasteiger charge is 2.14. The molecule has 1 aromatic rings. The van der Waals surface area contributed by atoms with Crippen LogP contribution in [0, 0.1) is 6.92 Å². The fourth-order valence-corrected chi connectivity index (χ4v) is 1.81. The molecule has 1 rings (SSSR count). The summed E-state index contributed by atoms with van der Waals surface area (Å²) >= 11 is 0. The molecule has 1 amide bonds. The Labute approximate surface area is 107 Å². The molecule has 0 aromatic heterocycles. The highest BCUT2D eigenvalue weighted by Crippen LogP contribution is 2.23. The first-order chi connectivity index (χ1) is 8.52. The third-order valence-electron chi connectivity index (χ3n) is 2.91. The van der Waals surface area contributed by atoms with Crippen LogP contribution in [-0.4, -0.2) is 23.5 Å². The summed E-state index contributed by atoms with van der Waals surface area (Å²) in [5.41, 5.74) is 2.30. The summed E-state index contributed by atoms with van der Waals surface area (Å²) in [7, 11) is 0. The van der Waals surface area contributed by atoms with Crippen molar-refractivity contribution in [1.82, 2.24) is 5.32 Å². The van der Waals surface area contributed by atoms with Crippen molar-refractivity contribution < 1.29 is 14.7 Å². The maximum absolute atomic E-state index is 11.6. The molecule has 2 N–H and O–H groups in total. The lowest BCUT2D eigenvalue weighted by Gasteiger charge is -2.15. The molecule has 0 aliphatic heterocycles. The summed E-state index contributed by atoms with van der Waals surface area (Å²) in [6.07, 6.45) is 1.18. The fourth-order valence-electron chi connectivity index (χ4n) is 1.81. The molecule has 0 radical (unpaired) electrons. The summed E-state index contributed by atoms with van der Waals surface area (Å²) in [6, 6.07) is 8.09. The first-order valence-corrected chi connectivity index (χ1v) is 6.08. The van der Waals surface area contributed by atoms with Crippen molar-refractivity contribution in [3.05, 3.63) is 35.4 Å². The minimum Gasteiger partial charge on any atom is -0.480 e. The number of carbonyl (C=O) groups is 2. The second kappa shape index (κ2) is 6.79. The molecule has 0 saturated heterocycles. The van der Waals surface area contributed by atoms with Crippen molar-refractivity contribution in [2.45, 2.75) is 32.6 Å². The number of nitrogens with one attached hydrogen (secondary N) is 1. The molecule has 18 heavy (non-hydrogen) atoms. The van der Waals surface area contributed by atoms with Gasteiger partial charge in [0.2, 0.25) is 5.91 Å². The first kappa shape index (κ1) is 14.2.